The van der Waals surface area contributed by atoms with Crippen molar-refractivity contribution < 1.29 is 23.7 Å². The van der Waals surface area contributed by atoms with Gasteiger partial charge in [-0.15, -0.1) is 0 Å². The van der Waals surface area contributed by atoms with E-state index in [9.17, 15) is 4.79 Å². The van der Waals surface area contributed by atoms with Crippen molar-refractivity contribution >= 4 is 34.7 Å². The van der Waals surface area contributed by atoms with Crippen LogP contribution in [0.1, 0.15) is 44.6 Å². The lowest BCUT2D eigenvalue weighted by molar-refractivity contribution is -0.145. The molecule has 0 aromatic heterocycles. The fraction of sp³-hybridized carbons (Fsp3) is 0.385. The van der Waals surface area contributed by atoms with E-state index in [1.807, 2.05) is 36.4 Å². The molecule has 1 heterocycles. The lowest BCUT2D eigenvalue weighted by Crippen LogP contribution is -2.44. The van der Waals surface area contributed by atoms with Gasteiger partial charge in [-0.1, -0.05) is 12.5 Å². The number of ether oxygens (including phenoxy) is 4. The number of hydrazine groups is 1. The Morgan fingerprint density at radius 3 is 2.71 bits per heavy atom. The van der Waals surface area contributed by atoms with Crippen LogP contribution in [0.15, 0.2) is 48.5 Å². The normalized spacial score (nSPS) is 15.7. The third-order valence-corrected chi connectivity index (χ3v) is 6.17. The first-order valence-corrected chi connectivity index (χ1v) is 12.2. The summed E-state index contributed by atoms with van der Waals surface area (Å²) in [7, 11) is 1.62. The Bertz CT molecular complexity index is 1100. The molecule has 0 atom stereocenters. The largest absolute Gasteiger partial charge is 0.497 e. The minimum absolute atomic E-state index is 0.156. The molecule has 1 aliphatic carbocycles. The number of fused-ring (bicyclic) bond motifs is 1. The summed E-state index contributed by atoms with van der Waals surface area (Å²) >= 11 is 5.49. The standard InChI is InChI=1S/C26H31N3O5S/c1-3-32-24(30)17-33-20-10-11-23-21(15-20)22(16-26(34-23)12-5-4-6-13-26)28-29-25(35)27-18-8-7-9-19(14-18)31-2/h7-11,14-16,28H,3-6,12-13,17H2,1-2H3,(H2,27,29,35). The molecule has 1 spiro atoms. The molecule has 0 radical (unpaired) electrons. The van der Waals surface area contributed by atoms with E-state index in [-0.39, 0.29) is 12.2 Å². The van der Waals surface area contributed by atoms with Gasteiger partial charge in [0.25, 0.3) is 0 Å². The Morgan fingerprint density at radius 1 is 1.11 bits per heavy atom. The molecule has 9 heteroatoms. The van der Waals surface area contributed by atoms with Crippen molar-refractivity contribution in [1.82, 2.24) is 10.9 Å². The van der Waals surface area contributed by atoms with E-state index >= 15 is 0 Å². The number of anilines is 1. The van der Waals surface area contributed by atoms with Gasteiger partial charge in [0.15, 0.2) is 11.7 Å². The van der Waals surface area contributed by atoms with E-state index in [1.54, 1.807) is 20.1 Å². The minimum Gasteiger partial charge on any atom is -0.497 e. The molecule has 0 saturated heterocycles. The van der Waals surface area contributed by atoms with Gasteiger partial charge in [0.2, 0.25) is 0 Å². The molecule has 35 heavy (non-hydrogen) atoms. The number of rotatable bonds is 8. The van der Waals surface area contributed by atoms with Crippen molar-refractivity contribution in [1.29, 1.82) is 0 Å². The number of carbonyl (C=O) groups is 1. The Morgan fingerprint density at radius 2 is 1.94 bits per heavy atom. The number of methoxy groups -OCH3 is 1. The van der Waals surface area contributed by atoms with Crippen molar-refractivity contribution in [2.45, 2.75) is 44.6 Å². The molecule has 1 aliphatic heterocycles. The second-order valence-corrected chi connectivity index (χ2v) is 8.88. The van der Waals surface area contributed by atoms with Gasteiger partial charge < -0.3 is 24.3 Å². The fourth-order valence-corrected chi connectivity index (χ4v) is 4.49. The second kappa shape index (κ2) is 11.3. The first-order valence-electron chi connectivity index (χ1n) is 11.8. The van der Waals surface area contributed by atoms with Crippen LogP contribution in [0.25, 0.3) is 5.70 Å². The van der Waals surface area contributed by atoms with Gasteiger partial charge in [0, 0.05) is 17.3 Å². The van der Waals surface area contributed by atoms with Crippen LogP contribution in [0.3, 0.4) is 0 Å². The highest BCUT2D eigenvalue weighted by atomic mass is 32.1. The van der Waals surface area contributed by atoms with Crippen LogP contribution in [0.2, 0.25) is 0 Å². The first kappa shape index (κ1) is 24.7. The monoisotopic (exact) mass is 497 g/mol. The number of thiocarbonyl (C=S) groups is 1. The molecule has 4 rings (SSSR count). The topological polar surface area (TPSA) is 90.1 Å². The summed E-state index contributed by atoms with van der Waals surface area (Å²) in [6, 6.07) is 13.1. The molecule has 2 aromatic rings. The van der Waals surface area contributed by atoms with E-state index in [0.29, 0.717) is 17.5 Å². The predicted octanol–water partition coefficient (Wildman–Crippen LogP) is 4.56. The number of hydrogen-bond donors (Lipinski definition) is 3. The smallest absolute Gasteiger partial charge is 0.344 e. The van der Waals surface area contributed by atoms with E-state index in [4.69, 9.17) is 31.2 Å². The molecule has 0 amide bonds. The van der Waals surface area contributed by atoms with E-state index in [1.165, 1.54) is 6.42 Å². The van der Waals surface area contributed by atoms with Crippen molar-refractivity contribution in [3.63, 3.8) is 0 Å². The predicted molar refractivity (Wildman–Crippen MR) is 138 cm³/mol. The third kappa shape index (κ3) is 6.36. The van der Waals surface area contributed by atoms with Gasteiger partial charge >= 0.3 is 5.97 Å². The Labute approximate surface area is 210 Å². The van der Waals surface area contributed by atoms with Crippen LogP contribution in [0.5, 0.6) is 17.2 Å². The van der Waals surface area contributed by atoms with Gasteiger partial charge in [0.1, 0.15) is 22.8 Å². The Balaban J connectivity index is 1.50. The quantitative estimate of drug-likeness (QED) is 0.276. The van der Waals surface area contributed by atoms with Crippen LogP contribution < -0.4 is 30.4 Å². The summed E-state index contributed by atoms with van der Waals surface area (Å²) in [6.07, 6.45) is 7.47. The molecule has 186 valence electrons. The maximum atomic E-state index is 11.7. The summed E-state index contributed by atoms with van der Waals surface area (Å²) in [6.45, 7) is 1.92. The number of hydrogen-bond acceptors (Lipinski definition) is 7. The molecule has 2 aromatic carbocycles. The van der Waals surface area contributed by atoms with Crippen LogP contribution in [-0.4, -0.2) is 37.0 Å². The van der Waals surface area contributed by atoms with Crippen LogP contribution in [0, 0.1) is 0 Å². The molecule has 8 nitrogen and oxygen atoms in total. The maximum absolute atomic E-state index is 11.7. The molecule has 0 bridgehead atoms. The highest BCUT2D eigenvalue weighted by molar-refractivity contribution is 7.80. The number of esters is 1. The summed E-state index contributed by atoms with van der Waals surface area (Å²) in [5.74, 6) is 1.63. The van der Waals surface area contributed by atoms with Crippen molar-refractivity contribution in [3.05, 3.63) is 54.1 Å². The zero-order valence-corrected chi connectivity index (χ0v) is 20.8. The summed E-state index contributed by atoms with van der Waals surface area (Å²) in [5.41, 5.74) is 8.45. The van der Waals surface area contributed by atoms with Gasteiger partial charge in [-0.25, -0.2) is 4.79 Å². The van der Waals surface area contributed by atoms with Gasteiger partial charge in [0.05, 0.1) is 19.4 Å². The summed E-state index contributed by atoms with van der Waals surface area (Å²) in [4.78, 5) is 11.7. The van der Waals surface area contributed by atoms with E-state index in [2.05, 4.69) is 22.2 Å². The fourth-order valence-electron chi connectivity index (χ4n) is 4.32. The number of benzene rings is 2. The van der Waals surface area contributed by atoms with E-state index < -0.39 is 5.97 Å². The highest BCUT2D eigenvalue weighted by Gasteiger charge is 2.37. The van der Waals surface area contributed by atoms with E-state index in [0.717, 1.165) is 54.1 Å². The number of nitrogens with one attached hydrogen (secondary N) is 3. The molecule has 3 N–H and O–H groups in total. The molecular weight excluding hydrogens is 466 g/mol. The SMILES string of the molecule is CCOC(=O)COc1ccc2c(c1)C(NNC(=S)Nc1cccc(OC)c1)=CC1(CCCCC1)O2. The average Bonchev–Trinajstić information content (AvgIpc) is 2.87. The van der Waals surface area contributed by atoms with Crippen molar-refractivity contribution in [2.24, 2.45) is 0 Å². The number of carbonyl (C=O) groups excluding carboxylic acids is 1. The zero-order chi connectivity index (χ0) is 24.7. The zero-order valence-electron chi connectivity index (χ0n) is 20.0. The minimum atomic E-state index is -0.410. The molecular formula is C26H31N3O5S. The summed E-state index contributed by atoms with van der Waals surface area (Å²) < 4.78 is 22.3. The maximum Gasteiger partial charge on any atom is 0.344 e. The third-order valence-electron chi connectivity index (χ3n) is 5.96. The molecule has 2 aliphatic rings. The molecule has 1 fully saturated rings. The second-order valence-electron chi connectivity index (χ2n) is 8.47. The Hall–Kier alpha value is -3.46. The van der Waals surface area contributed by atoms with Crippen LogP contribution >= 0.6 is 12.2 Å². The van der Waals surface area contributed by atoms with Crippen molar-refractivity contribution in [2.75, 3.05) is 25.6 Å². The van der Waals surface area contributed by atoms with Gasteiger partial charge in [-0.2, -0.15) is 0 Å². The van der Waals surface area contributed by atoms with Gasteiger partial charge in [-0.3, -0.25) is 10.9 Å². The van der Waals surface area contributed by atoms with Gasteiger partial charge in [-0.05, 0) is 81.2 Å². The van der Waals surface area contributed by atoms with Crippen LogP contribution in [-0.2, 0) is 9.53 Å². The first-order chi connectivity index (χ1) is 17.0. The van der Waals surface area contributed by atoms with Crippen LogP contribution in [0.4, 0.5) is 5.69 Å². The lowest BCUT2D eigenvalue weighted by atomic mass is 9.82. The lowest BCUT2D eigenvalue weighted by Gasteiger charge is -2.39. The summed E-state index contributed by atoms with van der Waals surface area (Å²) in [5, 5.41) is 3.55. The average molecular weight is 498 g/mol. The van der Waals surface area contributed by atoms with Crippen molar-refractivity contribution in [3.8, 4) is 17.2 Å². The molecule has 0 unspecified atom stereocenters. The Kier molecular flexibility index (Phi) is 7.97. The highest BCUT2D eigenvalue weighted by Crippen LogP contribution is 2.43. The molecule has 1 saturated carbocycles.